The van der Waals surface area contributed by atoms with E-state index in [1.54, 1.807) is 20.8 Å². The molecule has 2 N–H and O–H groups in total. The number of ether oxygens (including phenoxy) is 1. The van der Waals surface area contributed by atoms with Crippen molar-refractivity contribution in [2.45, 2.75) is 78.9 Å². The van der Waals surface area contributed by atoms with E-state index < -0.39 is 35.4 Å². The highest BCUT2D eigenvalue weighted by atomic mass is 16.6. The standard InChI is InChI=1S/C17H31NO5/c1-7-8-12(10-14(19)23-17(4,5)6)15(20)18-13(16(21)22)9-11(2)3/h11-13H,7-10H2,1-6H3,(H,18,20)(H,21,22)/t12?,13-/m0/s1. The number of carbonyl (C=O) groups excluding carboxylic acids is 2. The second-order valence-corrected chi connectivity index (χ2v) is 7.31. The molecule has 0 fully saturated rings. The zero-order valence-electron chi connectivity index (χ0n) is 15.1. The monoisotopic (exact) mass is 329 g/mol. The van der Waals surface area contributed by atoms with Crippen molar-refractivity contribution in [1.29, 1.82) is 0 Å². The van der Waals surface area contributed by atoms with Gasteiger partial charge >= 0.3 is 11.9 Å². The van der Waals surface area contributed by atoms with Gasteiger partial charge in [0.05, 0.1) is 6.42 Å². The second-order valence-electron chi connectivity index (χ2n) is 7.31. The van der Waals surface area contributed by atoms with Crippen LogP contribution in [0.3, 0.4) is 0 Å². The summed E-state index contributed by atoms with van der Waals surface area (Å²) < 4.78 is 5.25. The molecule has 0 aliphatic rings. The Labute approximate surface area is 139 Å². The second kappa shape index (κ2) is 9.53. The molecule has 0 aliphatic carbocycles. The predicted molar refractivity (Wildman–Crippen MR) is 87.9 cm³/mol. The van der Waals surface area contributed by atoms with Crippen LogP contribution >= 0.6 is 0 Å². The van der Waals surface area contributed by atoms with Gasteiger partial charge in [-0.05, 0) is 39.5 Å². The summed E-state index contributed by atoms with van der Waals surface area (Å²) in [4.78, 5) is 35.5. The number of hydrogen-bond acceptors (Lipinski definition) is 4. The van der Waals surface area contributed by atoms with E-state index in [1.807, 2.05) is 20.8 Å². The van der Waals surface area contributed by atoms with E-state index in [2.05, 4.69) is 5.32 Å². The highest BCUT2D eigenvalue weighted by Crippen LogP contribution is 2.17. The van der Waals surface area contributed by atoms with Crippen molar-refractivity contribution < 1.29 is 24.2 Å². The molecule has 0 rings (SSSR count). The van der Waals surface area contributed by atoms with Gasteiger partial charge < -0.3 is 15.2 Å². The van der Waals surface area contributed by atoms with Crippen LogP contribution in [0.2, 0.25) is 0 Å². The van der Waals surface area contributed by atoms with E-state index in [4.69, 9.17) is 4.74 Å². The molecule has 0 bridgehead atoms. The Balaban J connectivity index is 4.83. The Kier molecular flexibility index (Phi) is 8.87. The molecule has 0 aromatic rings. The minimum Gasteiger partial charge on any atom is -0.480 e. The van der Waals surface area contributed by atoms with Crippen molar-refractivity contribution in [2.75, 3.05) is 0 Å². The maximum atomic E-state index is 12.3. The largest absolute Gasteiger partial charge is 0.480 e. The SMILES string of the molecule is CCCC(CC(=O)OC(C)(C)C)C(=O)N[C@@H](CC(C)C)C(=O)O. The molecule has 0 saturated carbocycles. The molecule has 6 heteroatoms. The van der Waals surface area contributed by atoms with Gasteiger partial charge in [0, 0.05) is 5.92 Å². The molecule has 1 amide bonds. The molecule has 0 saturated heterocycles. The lowest BCUT2D eigenvalue weighted by Crippen LogP contribution is -2.45. The highest BCUT2D eigenvalue weighted by molar-refractivity contribution is 5.87. The number of aliphatic carboxylic acids is 1. The van der Waals surface area contributed by atoms with E-state index in [0.29, 0.717) is 12.8 Å². The van der Waals surface area contributed by atoms with Gasteiger partial charge in [-0.15, -0.1) is 0 Å². The molecule has 0 spiro atoms. The first-order valence-corrected chi connectivity index (χ1v) is 8.21. The van der Waals surface area contributed by atoms with Crippen molar-refractivity contribution in [3.8, 4) is 0 Å². The molecule has 6 nitrogen and oxygen atoms in total. The quantitative estimate of drug-likeness (QED) is 0.635. The normalized spacial score (nSPS) is 14.2. The molecule has 0 aliphatic heterocycles. The summed E-state index contributed by atoms with van der Waals surface area (Å²) in [5.74, 6) is -2.32. The van der Waals surface area contributed by atoms with Crippen LogP contribution in [0.5, 0.6) is 0 Å². The smallest absolute Gasteiger partial charge is 0.326 e. The molecular weight excluding hydrogens is 298 g/mol. The van der Waals surface area contributed by atoms with Crippen LogP contribution in [0.4, 0.5) is 0 Å². The number of rotatable bonds is 9. The Morgan fingerprint density at radius 2 is 1.74 bits per heavy atom. The number of hydrogen-bond donors (Lipinski definition) is 2. The summed E-state index contributed by atoms with van der Waals surface area (Å²) in [6, 6.07) is -0.930. The number of amides is 1. The van der Waals surface area contributed by atoms with E-state index >= 15 is 0 Å². The third kappa shape index (κ3) is 9.92. The molecule has 0 radical (unpaired) electrons. The minimum absolute atomic E-state index is 0.0367. The van der Waals surface area contributed by atoms with Crippen LogP contribution in [0.1, 0.15) is 67.2 Å². The van der Waals surface area contributed by atoms with E-state index in [1.165, 1.54) is 0 Å². The number of nitrogens with one attached hydrogen (secondary N) is 1. The summed E-state index contributed by atoms with van der Waals surface area (Å²) in [6.45, 7) is 11.0. The van der Waals surface area contributed by atoms with E-state index in [-0.39, 0.29) is 12.3 Å². The number of carbonyl (C=O) groups is 3. The summed E-state index contributed by atoms with van der Waals surface area (Å²) >= 11 is 0. The number of esters is 1. The zero-order chi connectivity index (χ0) is 18.2. The van der Waals surface area contributed by atoms with Crippen LogP contribution in [-0.2, 0) is 19.1 Å². The van der Waals surface area contributed by atoms with Crippen LogP contribution < -0.4 is 5.32 Å². The Morgan fingerprint density at radius 1 is 1.17 bits per heavy atom. The van der Waals surface area contributed by atoms with Gasteiger partial charge in [-0.2, -0.15) is 0 Å². The lowest BCUT2D eigenvalue weighted by Gasteiger charge is -2.23. The minimum atomic E-state index is -1.06. The first-order valence-electron chi connectivity index (χ1n) is 8.21. The van der Waals surface area contributed by atoms with Crippen molar-refractivity contribution in [2.24, 2.45) is 11.8 Å². The molecule has 0 aromatic heterocycles. The molecular formula is C17H31NO5. The van der Waals surface area contributed by atoms with Gasteiger partial charge in [0.15, 0.2) is 0 Å². The summed E-state index contributed by atoms with van der Waals surface area (Å²) in [5.41, 5.74) is -0.606. The number of carboxylic acids is 1. The number of carboxylic acid groups (broad SMARTS) is 1. The summed E-state index contributed by atoms with van der Waals surface area (Å²) in [6.07, 6.45) is 1.55. The molecule has 134 valence electrons. The van der Waals surface area contributed by atoms with Crippen molar-refractivity contribution in [3.63, 3.8) is 0 Å². The van der Waals surface area contributed by atoms with Gasteiger partial charge in [-0.1, -0.05) is 27.2 Å². The average Bonchev–Trinajstić information content (AvgIpc) is 2.34. The maximum Gasteiger partial charge on any atom is 0.326 e. The fourth-order valence-electron chi connectivity index (χ4n) is 2.24. The molecule has 0 heterocycles. The first-order chi connectivity index (χ1) is 10.5. The van der Waals surface area contributed by atoms with Crippen LogP contribution in [0.25, 0.3) is 0 Å². The van der Waals surface area contributed by atoms with Gasteiger partial charge in [0.1, 0.15) is 11.6 Å². The van der Waals surface area contributed by atoms with Crippen LogP contribution in [0.15, 0.2) is 0 Å². The van der Waals surface area contributed by atoms with Gasteiger partial charge in [-0.3, -0.25) is 9.59 Å². The summed E-state index contributed by atoms with van der Waals surface area (Å²) in [5, 5.41) is 11.8. The third-order valence-corrected chi connectivity index (χ3v) is 3.16. The molecule has 23 heavy (non-hydrogen) atoms. The molecule has 2 atom stereocenters. The first kappa shape index (κ1) is 21.4. The third-order valence-electron chi connectivity index (χ3n) is 3.16. The van der Waals surface area contributed by atoms with Gasteiger partial charge in [0.2, 0.25) is 5.91 Å². The van der Waals surface area contributed by atoms with Crippen LogP contribution in [0, 0.1) is 11.8 Å². The van der Waals surface area contributed by atoms with E-state index in [9.17, 15) is 19.5 Å². The van der Waals surface area contributed by atoms with Gasteiger partial charge in [-0.25, -0.2) is 4.79 Å². The van der Waals surface area contributed by atoms with Crippen molar-refractivity contribution >= 4 is 17.8 Å². The average molecular weight is 329 g/mol. The fourth-order valence-corrected chi connectivity index (χ4v) is 2.24. The lowest BCUT2D eigenvalue weighted by atomic mass is 9.97. The Morgan fingerprint density at radius 3 is 2.13 bits per heavy atom. The zero-order valence-corrected chi connectivity index (χ0v) is 15.1. The molecule has 1 unspecified atom stereocenters. The van der Waals surface area contributed by atoms with Gasteiger partial charge in [0.25, 0.3) is 0 Å². The fraction of sp³-hybridized carbons (Fsp3) is 0.824. The maximum absolute atomic E-state index is 12.3. The van der Waals surface area contributed by atoms with Crippen molar-refractivity contribution in [3.05, 3.63) is 0 Å². The van der Waals surface area contributed by atoms with Crippen molar-refractivity contribution in [1.82, 2.24) is 5.32 Å². The lowest BCUT2D eigenvalue weighted by molar-refractivity contribution is -0.157. The molecule has 0 aromatic carbocycles. The summed E-state index contributed by atoms with van der Waals surface area (Å²) in [7, 11) is 0. The Hall–Kier alpha value is -1.59. The Bertz CT molecular complexity index is 412. The topological polar surface area (TPSA) is 92.7 Å². The van der Waals surface area contributed by atoms with E-state index in [0.717, 1.165) is 6.42 Å². The highest BCUT2D eigenvalue weighted by Gasteiger charge is 2.28. The van der Waals surface area contributed by atoms with Crippen LogP contribution in [-0.4, -0.2) is 34.6 Å². The predicted octanol–water partition coefficient (Wildman–Crippen LogP) is 2.75.